The summed E-state index contributed by atoms with van der Waals surface area (Å²) in [6.07, 6.45) is 2.40. The van der Waals surface area contributed by atoms with Crippen molar-refractivity contribution < 1.29 is 19.1 Å². The maximum atomic E-state index is 13.4. The monoisotopic (exact) mass is 500 g/mol. The molecule has 3 N–H and O–H groups in total. The van der Waals surface area contributed by atoms with E-state index >= 15 is 0 Å². The third-order valence-corrected chi connectivity index (χ3v) is 5.84. The number of hydrogen-bond donors (Lipinski definition) is 3. The minimum absolute atomic E-state index is 0.0944. The maximum Gasteiger partial charge on any atom is 0.426 e. The van der Waals surface area contributed by atoms with Crippen LogP contribution in [0.25, 0.3) is 0 Å². The van der Waals surface area contributed by atoms with E-state index in [4.69, 9.17) is 16.4 Å². The molecule has 1 aromatic carbocycles. The summed E-state index contributed by atoms with van der Waals surface area (Å²) in [7, 11) is 0. The molecule has 35 heavy (non-hydrogen) atoms. The normalized spacial score (nSPS) is 14.2. The van der Waals surface area contributed by atoms with Gasteiger partial charge in [-0.3, -0.25) is 4.98 Å². The zero-order chi connectivity index (χ0) is 24.8. The molecule has 1 atom stereocenters. The Kier molecular flexibility index (Phi) is 8.06. The average Bonchev–Trinajstić information content (AvgIpc) is 2.84. The molecule has 0 aliphatic carbocycles. The number of amides is 1. The van der Waals surface area contributed by atoms with E-state index < -0.39 is 24.6 Å². The highest BCUT2D eigenvalue weighted by molar-refractivity contribution is 6.30. The van der Waals surface area contributed by atoms with Crippen molar-refractivity contribution in [3.8, 4) is 0 Å². The van der Waals surface area contributed by atoms with Crippen molar-refractivity contribution in [3.63, 3.8) is 0 Å². The fourth-order valence-electron chi connectivity index (χ4n) is 3.73. The lowest BCUT2D eigenvalue weighted by molar-refractivity contribution is -0.113. The van der Waals surface area contributed by atoms with Crippen LogP contribution in [0.4, 0.5) is 15.1 Å². The number of anilines is 1. The number of pyridine rings is 1. The Morgan fingerprint density at radius 3 is 2.94 bits per heavy atom. The van der Waals surface area contributed by atoms with E-state index in [0.29, 0.717) is 37.6 Å². The van der Waals surface area contributed by atoms with Gasteiger partial charge in [0.05, 0.1) is 29.9 Å². The minimum Gasteiger partial charge on any atom is -0.394 e. The highest BCUT2D eigenvalue weighted by Gasteiger charge is 2.23. The van der Waals surface area contributed by atoms with Crippen molar-refractivity contribution in [2.75, 3.05) is 25.0 Å². The molecule has 0 saturated heterocycles. The first-order valence-corrected chi connectivity index (χ1v) is 11.6. The van der Waals surface area contributed by atoms with E-state index in [2.05, 4.69) is 25.6 Å². The van der Waals surface area contributed by atoms with E-state index in [9.17, 15) is 14.3 Å². The summed E-state index contributed by atoms with van der Waals surface area (Å²) in [5, 5.41) is 16.9. The lowest BCUT2D eigenvalue weighted by atomic mass is 10.1. The predicted octanol–water partition coefficient (Wildman–Crippen LogP) is 3.36. The van der Waals surface area contributed by atoms with Gasteiger partial charge in [0.15, 0.2) is 0 Å². The molecule has 0 fully saturated rings. The number of benzene rings is 1. The number of hydroxylamine groups is 2. The molecule has 11 heteroatoms. The van der Waals surface area contributed by atoms with Gasteiger partial charge in [0.1, 0.15) is 5.82 Å². The second-order valence-corrected chi connectivity index (χ2v) is 8.57. The molecule has 0 radical (unpaired) electrons. The van der Waals surface area contributed by atoms with Crippen molar-refractivity contribution in [2.45, 2.75) is 32.4 Å². The van der Waals surface area contributed by atoms with Gasteiger partial charge in [-0.1, -0.05) is 23.7 Å². The molecule has 3 aromatic rings. The van der Waals surface area contributed by atoms with Crippen LogP contribution in [0.3, 0.4) is 0 Å². The molecular formula is C24H26ClFN6O3. The van der Waals surface area contributed by atoms with Crippen LogP contribution in [0, 0.1) is 12.7 Å². The summed E-state index contributed by atoms with van der Waals surface area (Å²) in [4.78, 5) is 31.3. The Labute approximate surface area is 207 Å². The molecule has 0 unspecified atom stereocenters. The number of rotatable bonds is 8. The average molecular weight is 501 g/mol. The van der Waals surface area contributed by atoms with Crippen molar-refractivity contribution in [1.82, 2.24) is 25.3 Å². The quantitative estimate of drug-likeness (QED) is 0.431. The Hall–Kier alpha value is -3.34. The smallest absolute Gasteiger partial charge is 0.394 e. The second-order valence-electron chi connectivity index (χ2n) is 8.16. The van der Waals surface area contributed by atoms with Gasteiger partial charge in [-0.05, 0) is 48.7 Å². The standard InChI is InChI=1S/C24H26ClFN6O3/c1-15-3-2-4-18(29-15)7-9-27-23-28-12-17-8-10-32(13-21(17)30-23)35-24(34)31-22(14-33)16-5-6-20(26)19(25)11-16/h2-6,11-12,22,33H,7-10,13-14H2,1H3,(H,31,34)(H,27,28,30)/t22-/m1/s1. The van der Waals surface area contributed by atoms with Crippen LogP contribution < -0.4 is 10.6 Å². The van der Waals surface area contributed by atoms with Gasteiger partial charge >= 0.3 is 6.09 Å². The maximum absolute atomic E-state index is 13.4. The lowest BCUT2D eigenvalue weighted by Crippen LogP contribution is -2.39. The molecule has 0 bridgehead atoms. The Morgan fingerprint density at radius 2 is 2.17 bits per heavy atom. The Bertz CT molecular complexity index is 1200. The van der Waals surface area contributed by atoms with Gasteiger partial charge < -0.3 is 20.6 Å². The van der Waals surface area contributed by atoms with Crippen LogP contribution >= 0.6 is 11.6 Å². The van der Waals surface area contributed by atoms with Crippen LogP contribution in [0.1, 0.15) is 34.3 Å². The van der Waals surface area contributed by atoms with Crippen molar-refractivity contribution in [3.05, 3.63) is 81.6 Å². The third-order valence-electron chi connectivity index (χ3n) is 5.55. The summed E-state index contributed by atoms with van der Waals surface area (Å²) in [5.74, 6) is -0.0828. The largest absolute Gasteiger partial charge is 0.426 e. The predicted molar refractivity (Wildman–Crippen MR) is 128 cm³/mol. The minimum atomic E-state index is -0.793. The molecule has 1 amide bonds. The van der Waals surface area contributed by atoms with Crippen LogP contribution in [0.15, 0.2) is 42.6 Å². The SMILES string of the molecule is Cc1cccc(CCNc2ncc3c(n2)CN(OC(=O)N[C@H](CO)c2ccc(F)c(Cl)c2)CC3)n1. The number of halogens is 2. The number of carbonyl (C=O) groups excluding carboxylic acids is 1. The first-order chi connectivity index (χ1) is 16.9. The molecule has 1 aliphatic heterocycles. The number of carbonyl (C=O) groups is 1. The van der Waals surface area contributed by atoms with E-state index in [1.807, 2.05) is 25.1 Å². The zero-order valence-electron chi connectivity index (χ0n) is 19.2. The summed E-state index contributed by atoms with van der Waals surface area (Å²) >= 11 is 5.81. The molecule has 1 aliphatic rings. The first-order valence-electron chi connectivity index (χ1n) is 11.2. The van der Waals surface area contributed by atoms with Crippen LogP contribution in [0.2, 0.25) is 5.02 Å². The van der Waals surface area contributed by atoms with Gasteiger partial charge in [-0.2, -0.15) is 0 Å². The van der Waals surface area contributed by atoms with E-state index in [1.54, 1.807) is 6.20 Å². The van der Waals surface area contributed by atoms with E-state index in [-0.39, 0.29) is 5.02 Å². The Balaban J connectivity index is 1.31. The fraction of sp³-hybridized carbons (Fsp3) is 0.333. The number of nitrogens with zero attached hydrogens (tertiary/aromatic N) is 4. The Morgan fingerprint density at radius 1 is 1.31 bits per heavy atom. The summed E-state index contributed by atoms with van der Waals surface area (Å²) < 4.78 is 13.4. The molecule has 3 heterocycles. The van der Waals surface area contributed by atoms with Gasteiger partial charge in [0.2, 0.25) is 5.95 Å². The number of aromatic nitrogens is 3. The van der Waals surface area contributed by atoms with Gasteiger partial charge in [0.25, 0.3) is 0 Å². The second kappa shape index (κ2) is 11.4. The molecule has 2 aromatic heterocycles. The van der Waals surface area contributed by atoms with Crippen molar-refractivity contribution in [1.29, 1.82) is 0 Å². The summed E-state index contributed by atoms with van der Waals surface area (Å²) in [5.41, 5.74) is 4.18. The first kappa shape index (κ1) is 24.8. The zero-order valence-corrected chi connectivity index (χ0v) is 19.9. The van der Waals surface area contributed by atoms with Crippen LogP contribution in [-0.2, 0) is 24.2 Å². The van der Waals surface area contributed by atoms with Gasteiger partial charge in [0, 0.05) is 37.1 Å². The molecule has 9 nitrogen and oxygen atoms in total. The van der Waals surface area contributed by atoms with Gasteiger partial charge in [-0.15, -0.1) is 5.06 Å². The molecular weight excluding hydrogens is 475 g/mol. The third kappa shape index (κ3) is 6.62. The lowest BCUT2D eigenvalue weighted by Gasteiger charge is -2.27. The van der Waals surface area contributed by atoms with E-state index in [1.165, 1.54) is 23.3 Å². The van der Waals surface area contributed by atoms with Crippen molar-refractivity contribution >= 4 is 23.6 Å². The molecule has 0 spiro atoms. The molecule has 0 saturated carbocycles. The number of nitrogens with one attached hydrogen (secondary N) is 2. The number of fused-ring (bicyclic) bond motifs is 1. The van der Waals surface area contributed by atoms with Crippen LogP contribution in [-0.4, -0.2) is 50.9 Å². The number of hydrogen-bond acceptors (Lipinski definition) is 8. The highest BCUT2D eigenvalue weighted by atomic mass is 35.5. The molecule has 4 rings (SSSR count). The van der Waals surface area contributed by atoms with Crippen molar-refractivity contribution in [2.24, 2.45) is 0 Å². The molecule has 184 valence electrons. The van der Waals surface area contributed by atoms with Gasteiger partial charge in [-0.25, -0.2) is 19.2 Å². The summed E-state index contributed by atoms with van der Waals surface area (Å²) in [6, 6.07) is 9.11. The highest BCUT2D eigenvalue weighted by Crippen LogP contribution is 2.22. The number of aliphatic hydroxyl groups is 1. The van der Waals surface area contributed by atoms with E-state index in [0.717, 1.165) is 29.1 Å². The fourth-order valence-corrected chi connectivity index (χ4v) is 3.92. The topological polar surface area (TPSA) is 112 Å². The van der Waals surface area contributed by atoms with Crippen LogP contribution in [0.5, 0.6) is 0 Å². The number of aliphatic hydroxyl groups excluding tert-OH is 1. The summed E-state index contributed by atoms with van der Waals surface area (Å²) in [6.45, 7) is 2.96. The number of aryl methyl sites for hydroxylation is 1.